The summed E-state index contributed by atoms with van der Waals surface area (Å²) in [5.74, 6) is 0.780. The Labute approximate surface area is 146 Å². The summed E-state index contributed by atoms with van der Waals surface area (Å²) in [5, 5.41) is 9.27. The fourth-order valence-corrected chi connectivity index (χ4v) is 2.34. The number of ketones is 1. The first-order valence-corrected chi connectivity index (χ1v) is 7.99. The summed E-state index contributed by atoms with van der Waals surface area (Å²) in [6, 6.07) is 23.7. The number of ether oxygens (including phenoxy) is 1. The average molecular weight is 330 g/mol. The van der Waals surface area contributed by atoms with Gasteiger partial charge in [-0.05, 0) is 53.6 Å². The second-order valence-corrected chi connectivity index (χ2v) is 5.59. The van der Waals surface area contributed by atoms with Crippen LogP contribution in [0.2, 0.25) is 0 Å². The predicted octanol–water partition coefficient (Wildman–Crippen LogP) is 4.87. The van der Waals surface area contributed by atoms with Gasteiger partial charge in [-0.2, -0.15) is 0 Å². The van der Waals surface area contributed by atoms with E-state index in [1.165, 1.54) is 18.2 Å². The number of allylic oxidation sites excluding steroid dienone is 1. The van der Waals surface area contributed by atoms with Crippen molar-refractivity contribution in [3.63, 3.8) is 0 Å². The summed E-state index contributed by atoms with van der Waals surface area (Å²) in [6.45, 7) is 0.500. The summed E-state index contributed by atoms with van der Waals surface area (Å²) in [6.07, 6.45) is 3.27. The van der Waals surface area contributed by atoms with E-state index in [0.29, 0.717) is 12.2 Å². The van der Waals surface area contributed by atoms with Crippen LogP contribution in [0.4, 0.5) is 0 Å². The lowest BCUT2D eigenvalue weighted by atomic mass is 10.1. The molecule has 3 aromatic rings. The molecule has 0 aliphatic heterocycles. The quantitative estimate of drug-likeness (QED) is 0.518. The largest absolute Gasteiger partial charge is 0.508 e. The Hall–Kier alpha value is -3.33. The Kier molecular flexibility index (Phi) is 5.27. The molecule has 3 aromatic carbocycles. The molecule has 1 N–H and O–H groups in total. The van der Waals surface area contributed by atoms with Crippen molar-refractivity contribution in [2.45, 2.75) is 6.61 Å². The van der Waals surface area contributed by atoms with Gasteiger partial charge in [0, 0.05) is 5.56 Å². The maximum atomic E-state index is 12.1. The van der Waals surface area contributed by atoms with Gasteiger partial charge in [-0.3, -0.25) is 4.79 Å². The molecule has 0 fully saturated rings. The van der Waals surface area contributed by atoms with Crippen molar-refractivity contribution < 1.29 is 14.6 Å². The summed E-state index contributed by atoms with van der Waals surface area (Å²) in [4.78, 5) is 12.1. The maximum absolute atomic E-state index is 12.1. The minimum Gasteiger partial charge on any atom is -0.508 e. The van der Waals surface area contributed by atoms with Gasteiger partial charge in [-0.25, -0.2) is 0 Å². The monoisotopic (exact) mass is 330 g/mol. The fourth-order valence-electron chi connectivity index (χ4n) is 2.34. The molecule has 3 rings (SSSR count). The van der Waals surface area contributed by atoms with Gasteiger partial charge in [-0.1, -0.05) is 48.5 Å². The van der Waals surface area contributed by atoms with Gasteiger partial charge in [-0.15, -0.1) is 0 Å². The zero-order valence-electron chi connectivity index (χ0n) is 13.6. The van der Waals surface area contributed by atoms with Crippen molar-refractivity contribution in [1.29, 1.82) is 0 Å². The van der Waals surface area contributed by atoms with Gasteiger partial charge in [0.2, 0.25) is 0 Å². The van der Waals surface area contributed by atoms with Crippen molar-refractivity contribution in [1.82, 2.24) is 0 Å². The van der Waals surface area contributed by atoms with Gasteiger partial charge < -0.3 is 9.84 Å². The zero-order chi connectivity index (χ0) is 17.5. The highest BCUT2D eigenvalue weighted by molar-refractivity contribution is 6.06. The molecule has 0 radical (unpaired) electrons. The van der Waals surface area contributed by atoms with Crippen molar-refractivity contribution in [3.8, 4) is 11.5 Å². The van der Waals surface area contributed by atoms with Crippen LogP contribution in [0.25, 0.3) is 6.08 Å². The number of carbonyl (C=O) groups is 1. The predicted molar refractivity (Wildman–Crippen MR) is 98.7 cm³/mol. The first-order valence-electron chi connectivity index (χ1n) is 7.99. The number of phenolic OH excluding ortho intramolecular Hbond substituents is 1. The molecule has 0 heterocycles. The molecule has 0 atom stereocenters. The van der Waals surface area contributed by atoms with Crippen LogP contribution in [-0.2, 0) is 6.61 Å². The van der Waals surface area contributed by atoms with Crippen LogP contribution in [0, 0.1) is 0 Å². The Morgan fingerprint density at radius 3 is 2.44 bits per heavy atom. The highest BCUT2D eigenvalue weighted by Crippen LogP contribution is 2.17. The van der Waals surface area contributed by atoms with Crippen LogP contribution in [0.5, 0.6) is 11.5 Å². The van der Waals surface area contributed by atoms with Crippen LogP contribution in [-0.4, -0.2) is 10.9 Å². The van der Waals surface area contributed by atoms with E-state index >= 15 is 0 Å². The van der Waals surface area contributed by atoms with Crippen LogP contribution in [0.3, 0.4) is 0 Å². The second-order valence-electron chi connectivity index (χ2n) is 5.59. The standard InChI is InChI=1S/C22H18O3/c23-20-12-10-19(11-13-20)22(24)14-9-17-7-4-8-21(15-17)25-16-18-5-2-1-3-6-18/h1-15,23H,16H2/b14-9+. The smallest absolute Gasteiger partial charge is 0.185 e. The number of benzene rings is 3. The van der Waals surface area contributed by atoms with E-state index in [1.54, 1.807) is 18.2 Å². The number of carbonyl (C=O) groups excluding carboxylic acids is 1. The van der Waals surface area contributed by atoms with E-state index in [4.69, 9.17) is 4.74 Å². The van der Waals surface area contributed by atoms with Crippen molar-refractivity contribution in [2.24, 2.45) is 0 Å². The normalized spacial score (nSPS) is 10.7. The highest BCUT2D eigenvalue weighted by Gasteiger charge is 2.02. The topological polar surface area (TPSA) is 46.5 Å². The molecule has 25 heavy (non-hydrogen) atoms. The third kappa shape index (κ3) is 4.82. The lowest BCUT2D eigenvalue weighted by Crippen LogP contribution is -1.95. The molecule has 0 aliphatic rings. The van der Waals surface area contributed by atoms with Crippen molar-refractivity contribution in [2.75, 3.05) is 0 Å². The number of aromatic hydroxyl groups is 1. The third-order valence-corrected chi connectivity index (χ3v) is 3.69. The Morgan fingerprint density at radius 1 is 0.920 bits per heavy atom. The third-order valence-electron chi connectivity index (χ3n) is 3.69. The van der Waals surface area contributed by atoms with Crippen LogP contribution in [0.15, 0.2) is 84.9 Å². The van der Waals surface area contributed by atoms with Crippen molar-refractivity contribution >= 4 is 11.9 Å². The molecule has 0 aromatic heterocycles. The molecule has 0 bridgehead atoms. The van der Waals surface area contributed by atoms with Crippen LogP contribution in [0.1, 0.15) is 21.5 Å². The second kappa shape index (κ2) is 7.97. The van der Waals surface area contributed by atoms with Gasteiger partial charge >= 0.3 is 0 Å². The molecule has 0 saturated heterocycles. The van der Waals surface area contributed by atoms with Gasteiger partial charge in [0.15, 0.2) is 5.78 Å². The molecule has 0 unspecified atom stereocenters. The van der Waals surface area contributed by atoms with Crippen molar-refractivity contribution in [3.05, 3.63) is 102 Å². The average Bonchev–Trinajstić information content (AvgIpc) is 2.66. The molecular weight excluding hydrogens is 312 g/mol. The fraction of sp³-hybridized carbons (Fsp3) is 0.0455. The first kappa shape index (κ1) is 16.5. The molecular formula is C22H18O3. The van der Waals surface area contributed by atoms with E-state index < -0.39 is 0 Å². The minimum atomic E-state index is -0.115. The van der Waals surface area contributed by atoms with E-state index in [9.17, 15) is 9.90 Å². The lowest BCUT2D eigenvalue weighted by molar-refractivity contribution is 0.104. The van der Waals surface area contributed by atoms with Gasteiger partial charge in [0.25, 0.3) is 0 Å². The summed E-state index contributed by atoms with van der Waals surface area (Å²) in [7, 11) is 0. The first-order chi connectivity index (χ1) is 12.2. The minimum absolute atomic E-state index is 0.115. The van der Waals surface area contributed by atoms with Gasteiger partial charge in [0.05, 0.1) is 0 Å². The lowest BCUT2D eigenvalue weighted by Gasteiger charge is -2.06. The summed E-state index contributed by atoms with van der Waals surface area (Å²) >= 11 is 0. The van der Waals surface area contributed by atoms with E-state index in [2.05, 4.69) is 0 Å². The summed E-state index contributed by atoms with van der Waals surface area (Å²) in [5.41, 5.74) is 2.52. The molecule has 3 heteroatoms. The zero-order valence-corrected chi connectivity index (χ0v) is 13.6. The molecule has 3 nitrogen and oxygen atoms in total. The Balaban J connectivity index is 1.64. The molecule has 0 amide bonds. The molecule has 0 spiro atoms. The van der Waals surface area contributed by atoms with E-state index in [1.807, 2.05) is 54.6 Å². The Morgan fingerprint density at radius 2 is 1.68 bits per heavy atom. The molecule has 0 saturated carbocycles. The van der Waals surface area contributed by atoms with Crippen LogP contribution >= 0.6 is 0 Å². The Bertz CT molecular complexity index is 865. The van der Waals surface area contributed by atoms with Crippen LogP contribution < -0.4 is 4.74 Å². The van der Waals surface area contributed by atoms with E-state index in [0.717, 1.165) is 16.9 Å². The molecule has 0 aliphatic carbocycles. The number of phenols is 1. The number of hydrogen-bond acceptors (Lipinski definition) is 3. The molecule has 124 valence electrons. The SMILES string of the molecule is O=C(/C=C/c1cccc(OCc2ccccc2)c1)c1ccc(O)cc1. The summed E-state index contributed by atoms with van der Waals surface area (Å²) < 4.78 is 5.79. The maximum Gasteiger partial charge on any atom is 0.185 e. The van der Waals surface area contributed by atoms with E-state index in [-0.39, 0.29) is 11.5 Å². The number of hydrogen-bond donors (Lipinski definition) is 1. The highest BCUT2D eigenvalue weighted by atomic mass is 16.5. The number of rotatable bonds is 6. The van der Waals surface area contributed by atoms with Gasteiger partial charge in [0.1, 0.15) is 18.1 Å².